The summed E-state index contributed by atoms with van der Waals surface area (Å²) in [6.07, 6.45) is 7.76. The molecule has 1 amide bonds. The summed E-state index contributed by atoms with van der Waals surface area (Å²) in [5.41, 5.74) is 1.00. The van der Waals surface area contributed by atoms with Crippen molar-refractivity contribution >= 4 is 62.2 Å². The molecule has 0 spiro atoms. The van der Waals surface area contributed by atoms with E-state index in [9.17, 15) is 4.79 Å². The zero-order valence-corrected chi connectivity index (χ0v) is 16.0. The third-order valence-electron chi connectivity index (χ3n) is 3.31. The van der Waals surface area contributed by atoms with Crippen LogP contribution in [0, 0.1) is 12.3 Å². The first-order valence-electron chi connectivity index (χ1n) is 7.03. The number of thiophene rings is 1. The van der Waals surface area contributed by atoms with Crippen LogP contribution in [-0.2, 0) is 17.8 Å². The van der Waals surface area contributed by atoms with Crippen LogP contribution in [0.25, 0.3) is 10.2 Å². The summed E-state index contributed by atoms with van der Waals surface area (Å²) < 4.78 is 3.65. The van der Waals surface area contributed by atoms with E-state index >= 15 is 0 Å². The summed E-state index contributed by atoms with van der Waals surface area (Å²) in [4.78, 5) is 19.3. The Hall–Kier alpha value is -1.52. The molecule has 1 aromatic carbocycles. The second-order valence-corrected chi connectivity index (χ2v) is 8.59. The van der Waals surface area contributed by atoms with Crippen LogP contribution in [-0.4, -0.2) is 16.7 Å². The molecule has 3 nitrogen and oxygen atoms in total. The number of thioether (sulfide) groups is 1. The fraction of sp³-hybridized carbons (Fsp3) is 0.176. The van der Waals surface area contributed by atoms with Crippen molar-refractivity contribution in [1.82, 2.24) is 4.57 Å². The molecule has 122 valence electrons. The Morgan fingerprint density at radius 2 is 2.21 bits per heavy atom. The van der Waals surface area contributed by atoms with Gasteiger partial charge in [-0.25, -0.2) is 0 Å². The van der Waals surface area contributed by atoms with Crippen molar-refractivity contribution in [2.24, 2.45) is 4.99 Å². The first-order valence-corrected chi connectivity index (χ1v) is 10.3. The van der Waals surface area contributed by atoms with Crippen molar-refractivity contribution in [2.75, 3.05) is 6.26 Å². The van der Waals surface area contributed by atoms with Crippen molar-refractivity contribution in [3.63, 3.8) is 0 Å². The number of aromatic nitrogens is 1. The molecule has 0 fully saturated rings. The normalized spacial score (nSPS) is 11.8. The second-order valence-electron chi connectivity index (χ2n) is 4.90. The van der Waals surface area contributed by atoms with E-state index in [0.717, 1.165) is 15.1 Å². The highest BCUT2D eigenvalue weighted by atomic mass is 35.5. The lowest BCUT2D eigenvalue weighted by atomic mass is 10.3. The molecule has 7 heteroatoms. The van der Waals surface area contributed by atoms with E-state index in [4.69, 9.17) is 18.0 Å². The largest absolute Gasteiger partial charge is 0.305 e. The van der Waals surface area contributed by atoms with Gasteiger partial charge in [-0.3, -0.25) is 4.79 Å². The maximum Gasteiger partial charge on any atom is 0.253 e. The minimum absolute atomic E-state index is 0.198. The predicted molar refractivity (Wildman–Crippen MR) is 104 cm³/mol. The zero-order valence-electron chi connectivity index (χ0n) is 12.8. The third-order valence-corrected chi connectivity index (χ3v) is 6.31. The molecule has 0 bridgehead atoms. The Kier molecular flexibility index (Phi) is 5.47. The maximum atomic E-state index is 12.3. The molecule has 0 aliphatic rings. The van der Waals surface area contributed by atoms with Gasteiger partial charge in [-0.1, -0.05) is 28.9 Å². The van der Waals surface area contributed by atoms with E-state index in [0.29, 0.717) is 15.7 Å². The number of hydrogen-bond acceptors (Lipinski definition) is 4. The molecule has 3 rings (SSSR count). The Bertz CT molecular complexity index is 1010. The van der Waals surface area contributed by atoms with Crippen molar-refractivity contribution in [2.45, 2.75) is 17.9 Å². The van der Waals surface area contributed by atoms with Crippen LogP contribution in [0.3, 0.4) is 0 Å². The number of carbonyl (C=O) groups is 1. The number of benzene rings is 1. The van der Waals surface area contributed by atoms with Crippen LogP contribution >= 0.6 is 46.0 Å². The highest BCUT2D eigenvalue weighted by Gasteiger charge is 2.09. The van der Waals surface area contributed by atoms with Gasteiger partial charge in [-0.2, -0.15) is 4.99 Å². The van der Waals surface area contributed by atoms with E-state index in [-0.39, 0.29) is 12.3 Å². The van der Waals surface area contributed by atoms with Gasteiger partial charge < -0.3 is 4.57 Å². The van der Waals surface area contributed by atoms with Gasteiger partial charge in [-0.05, 0) is 36.6 Å². The topological polar surface area (TPSA) is 34.4 Å². The third kappa shape index (κ3) is 3.76. The molecule has 24 heavy (non-hydrogen) atoms. The molecular formula is C17H13ClN2OS3. The molecule has 0 saturated carbocycles. The average molecular weight is 393 g/mol. The number of fused-ring (bicyclic) bond motifs is 1. The van der Waals surface area contributed by atoms with E-state index in [1.807, 2.05) is 29.0 Å². The average Bonchev–Trinajstić information content (AvgIpc) is 3.11. The minimum Gasteiger partial charge on any atom is -0.305 e. The molecule has 2 heterocycles. The number of carbonyl (C=O) groups excluding carboxylic acids is 1. The molecule has 0 saturated heterocycles. The second kappa shape index (κ2) is 7.58. The molecule has 0 atom stereocenters. The Balaban J connectivity index is 2.01. The lowest BCUT2D eigenvalue weighted by Gasteiger charge is -2.00. The molecule has 0 unspecified atom stereocenters. The zero-order chi connectivity index (χ0) is 17.1. The standard InChI is InChI=1S/C17H13ClN2OS3/c1-3-8-20-13-6-4-11(22-2)9-14(13)24-17(20)19-16(21)10-12-5-7-15(18)23-12/h1,4-7,9H,8,10H2,2H3. The number of rotatable bonds is 4. The lowest BCUT2D eigenvalue weighted by Crippen LogP contribution is -2.16. The van der Waals surface area contributed by atoms with Gasteiger partial charge in [0.15, 0.2) is 4.80 Å². The smallest absolute Gasteiger partial charge is 0.253 e. The number of nitrogens with zero attached hydrogens (tertiary/aromatic N) is 2. The molecule has 2 aromatic heterocycles. The number of amides is 1. The quantitative estimate of drug-likeness (QED) is 0.485. The van der Waals surface area contributed by atoms with Crippen LogP contribution in [0.15, 0.2) is 40.2 Å². The number of thiazole rings is 1. The monoisotopic (exact) mass is 392 g/mol. The number of halogens is 1. The summed E-state index contributed by atoms with van der Waals surface area (Å²) in [5.74, 6) is 2.44. The van der Waals surface area contributed by atoms with Crippen molar-refractivity contribution in [1.29, 1.82) is 0 Å². The summed E-state index contributed by atoms with van der Waals surface area (Å²) in [6, 6.07) is 9.81. The van der Waals surface area contributed by atoms with Gasteiger partial charge in [0.05, 0.1) is 27.5 Å². The fourth-order valence-corrected chi connectivity index (χ4v) is 4.93. The Morgan fingerprint density at radius 3 is 2.88 bits per heavy atom. The number of hydrogen-bond donors (Lipinski definition) is 0. The summed E-state index contributed by atoms with van der Waals surface area (Å²) in [6.45, 7) is 0.384. The fourth-order valence-electron chi connectivity index (χ4n) is 2.25. The predicted octanol–water partition coefficient (Wildman–Crippen LogP) is 4.44. The lowest BCUT2D eigenvalue weighted by molar-refractivity contribution is -0.117. The van der Waals surface area contributed by atoms with Crippen molar-refractivity contribution in [3.05, 3.63) is 44.3 Å². The van der Waals surface area contributed by atoms with Crippen LogP contribution < -0.4 is 4.80 Å². The van der Waals surface area contributed by atoms with Gasteiger partial charge in [0, 0.05) is 9.77 Å². The SMILES string of the molecule is C#CCn1c(=NC(=O)Cc2ccc(Cl)s2)sc2cc(SC)ccc21. The first-order chi connectivity index (χ1) is 11.6. The van der Waals surface area contributed by atoms with Gasteiger partial charge in [0.2, 0.25) is 0 Å². The molecular weight excluding hydrogens is 380 g/mol. The van der Waals surface area contributed by atoms with E-state index in [1.165, 1.54) is 27.6 Å². The molecule has 0 radical (unpaired) electrons. The summed E-state index contributed by atoms with van der Waals surface area (Å²) in [5, 5.41) is 0. The van der Waals surface area contributed by atoms with Crippen molar-refractivity contribution < 1.29 is 4.79 Å². The molecule has 0 N–H and O–H groups in total. The maximum absolute atomic E-state index is 12.3. The van der Waals surface area contributed by atoms with E-state index in [1.54, 1.807) is 17.8 Å². The van der Waals surface area contributed by atoms with Gasteiger partial charge in [-0.15, -0.1) is 29.5 Å². The Labute approximate surface area is 157 Å². The first kappa shape index (κ1) is 17.3. The van der Waals surface area contributed by atoms with Gasteiger partial charge >= 0.3 is 0 Å². The van der Waals surface area contributed by atoms with Crippen LogP contribution in [0.1, 0.15) is 4.88 Å². The van der Waals surface area contributed by atoms with Gasteiger partial charge in [0.25, 0.3) is 5.91 Å². The van der Waals surface area contributed by atoms with Crippen molar-refractivity contribution in [3.8, 4) is 12.3 Å². The molecule has 0 aliphatic heterocycles. The van der Waals surface area contributed by atoms with Crippen LogP contribution in [0.2, 0.25) is 4.34 Å². The summed E-state index contributed by atoms with van der Waals surface area (Å²) >= 11 is 10.5. The molecule has 3 aromatic rings. The van der Waals surface area contributed by atoms with Gasteiger partial charge in [0.1, 0.15) is 0 Å². The summed E-state index contributed by atoms with van der Waals surface area (Å²) in [7, 11) is 0. The highest BCUT2D eigenvalue weighted by Crippen LogP contribution is 2.24. The van der Waals surface area contributed by atoms with Crippen LogP contribution in [0.4, 0.5) is 0 Å². The van der Waals surface area contributed by atoms with E-state index < -0.39 is 0 Å². The number of terminal acetylenes is 1. The molecule has 0 aliphatic carbocycles. The highest BCUT2D eigenvalue weighted by molar-refractivity contribution is 7.98. The minimum atomic E-state index is -0.198. The van der Waals surface area contributed by atoms with E-state index in [2.05, 4.69) is 17.0 Å². The van der Waals surface area contributed by atoms with Crippen LogP contribution in [0.5, 0.6) is 0 Å². The Morgan fingerprint density at radius 1 is 1.38 bits per heavy atom.